The molecule has 0 bridgehead atoms. The summed E-state index contributed by atoms with van der Waals surface area (Å²) in [5.74, 6) is 2.39. The summed E-state index contributed by atoms with van der Waals surface area (Å²) in [6, 6.07) is 9.04. The second-order valence-electron chi connectivity index (χ2n) is 2.86. The van der Waals surface area contributed by atoms with Crippen LogP contribution in [0.1, 0.15) is 5.56 Å². The minimum absolute atomic E-state index is 0.463. The van der Waals surface area contributed by atoms with Gasteiger partial charge < -0.3 is 10.4 Å². The van der Waals surface area contributed by atoms with E-state index in [1.165, 1.54) is 0 Å². The van der Waals surface area contributed by atoms with Crippen LogP contribution in [0.2, 0.25) is 0 Å². The fourth-order valence-corrected chi connectivity index (χ4v) is 1.15. The summed E-state index contributed by atoms with van der Waals surface area (Å²) in [4.78, 5) is 10.4. The highest BCUT2D eigenvalue weighted by Gasteiger charge is 2.07. The molecule has 1 atom stereocenters. The molecule has 1 amide bonds. The Morgan fingerprint density at radius 1 is 1.50 bits per heavy atom. The van der Waals surface area contributed by atoms with Crippen LogP contribution < -0.4 is 5.32 Å². The lowest BCUT2D eigenvalue weighted by molar-refractivity contribution is 0.192. The van der Waals surface area contributed by atoms with E-state index in [2.05, 4.69) is 11.2 Å². The molecule has 1 aromatic carbocycles. The lowest BCUT2D eigenvalue weighted by atomic mass is 10.1. The molecule has 0 fully saturated rings. The Kier molecular flexibility index (Phi) is 3.57. The number of hydrogen-bond acceptors (Lipinski definition) is 1. The first kappa shape index (κ1) is 10.1. The molecule has 3 nitrogen and oxygen atoms in total. The normalized spacial score (nSPS) is 11.4. The van der Waals surface area contributed by atoms with E-state index in [0.717, 1.165) is 5.56 Å². The minimum Gasteiger partial charge on any atom is -0.465 e. The summed E-state index contributed by atoms with van der Waals surface area (Å²) in [7, 11) is 0. The van der Waals surface area contributed by atoms with Crippen molar-refractivity contribution < 1.29 is 9.90 Å². The monoisotopic (exact) mass is 189 g/mol. The Morgan fingerprint density at radius 2 is 2.14 bits per heavy atom. The Morgan fingerprint density at radius 3 is 2.64 bits per heavy atom. The summed E-state index contributed by atoms with van der Waals surface area (Å²) in [5, 5.41) is 10.7. The van der Waals surface area contributed by atoms with Gasteiger partial charge in [-0.1, -0.05) is 36.3 Å². The zero-order valence-corrected chi connectivity index (χ0v) is 7.60. The molecule has 1 rings (SSSR count). The average molecular weight is 189 g/mol. The molecule has 0 aliphatic carbocycles. The predicted molar refractivity (Wildman–Crippen MR) is 53.9 cm³/mol. The maximum Gasteiger partial charge on any atom is 0.405 e. The SMILES string of the molecule is C#CC(Cc1ccccc1)NC(=O)O. The van der Waals surface area contributed by atoms with Crippen LogP contribution in [-0.4, -0.2) is 17.2 Å². The van der Waals surface area contributed by atoms with Gasteiger partial charge in [-0.05, 0) is 5.56 Å². The predicted octanol–water partition coefficient (Wildman–Crippen LogP) is 1.50. The van der Waals surface area contributed by atoms with Crippen LogP contribution in [0.4, 0.5) is 4.79 Å². The van der Waals surface area contributed by atoms with Crippen molar-refractivity contribution in [3.8, 4) is 12.3 Å². The van der Waals surface area contributed by atoms with E-state index in [9.17, 15) is 4.79 Å². The molecule has 72 valence electrons. The third kappa shape index (κ3) is 3.20. The van der Waals surface area contributed by atoms with Crippen molar-refractivity contribution in [1.29, 1.82) is 0 Å². The quantitative estimate of drug-likeness (QED) is 0.708. The first-order chi connectivity index (χ1) is 6.72. The fraction of sp³-hybridized carbons (Fsp3) is 0.182. The van der Waals surface area contributed by atoms with Crippen molar-refractivity contribution in [2.24, 2.45) is 0 Å². The number of nitrogens with one attached hydrogen (secondary N) is 1. The van der Waals surface area contributed by atoms with Gasteiger partial charge in [0, 0.05) is 6.42 Å². The second kappa shape index (κ2) is 4.93. The van der Waals surface area contributed by atoms with Gasteiger partial charge in [0.1, 0.15) is 0 Å². The van der Waals surface area contributed by atoms with Crippen molar-refractivity contribution in [1.82, 2.24) is 5.32 Å². The molecule has 0 radical (unpaired) electrons. The van der Waals surface area contributed by atoms with E-state index in [1.807, 2.05) is 30.3 Å². The highest BCUT2D eigenvalue weighted by molar-refractivity contribution is 5.65. The molecule has 0 aliphatic rings. The van der Waals surface area contributed by atoms with E-state index in [4.69, 9.17) is 11.5 Å². The van der Waals surface area contributed by atoms with Crippen molar-refractivity contribution in [2.75, 3.05) is 0 Å². The molecular formula is C11H11NO2. The molecule has 0 heterocycles. The Labute approximate surface area is 82.8 Å². The maximum absolute atomic E-state index is 10.4. The number of benzene rings is 1. The molecule has 0 aliphatic heterocycles. The highest BCUT2D eigenvalue weighted by Crippen LogP contribution is 2.02. The number of carboxylic acid groups (broad SMARTS) is 1. The summed E-state index contributed by atoms with van der Waals surface area (Å²) in [5.41, 5.74) is 1.02. The molecule has 14 heavy (non-hydrogen) atoms. The standard InChI is InChI=1S/C11H11NO2/c1-2-10(12-11(13)14)8-9-6-4-3-5-7-9/h1,3-7,10,12H,8H2,(H,13,14). The lowest BCUT2D eigenvalue weighted by Crippen LogP contribution is -2.33. The second-order valence-corrected chi connectivity index (χ2v) is 2.86. The molecule has 0 saturated heterocycles. The molecule has 3 heteroatoms. The lowest BCUT2D eigenvalue weighted by Gasteiger charge is -2.09. The zero-order valence-electron chi connectivity index (χ0n) is 7.60. The third-order valence-electron chi connectivity index (χ3n) is 1.78. The van der Waals surface area contributed by atoms with Gasteiger partial charge in [0.15, 0.2) is 0 Å². The van der Waals surface area contributed by atoms with E-state index in [1.54, 1.807) is 0 Å². The van der Waals surface area contributed by atoms with Crippen LogP contribution in [0.15, 0.2) is 30.3 Å². The van der Waals surface area contributed by atoms with Crippen LogP contribution in [0, 0.1) is 12.3 Å². The zero-order chi connectivity index (χ0) is 10.4. The average Bonchev–Trinajstić information content (AvgIpc) is 2.17. The molecule has 0 aromatic heterocycles. The molecule has 0 saturated carbocycles. The van der Waals surface area contributed by atoms with Gasteiger partial charge in [0.2, 0.25) is 0 Å². The van der Waals surface area contributed by atoms with Gasteiger partial charge in [-0.15, -0.1) is 6.42 Å². The number of hydrogen-bond donors (Lipinski definition) is 2. The smallest absolute Gasteiger partial charge is 0.405 e. The minimum atomic E-state index is -1.09. The summed E-state index contributed by atoms with van der Waals surface area (Å²) < 4.78 is 0. The third-order valence-corrected chi connectivity index (χ3v) is 1.78. The van der Waals surface area contributed by atoms with Crippen molar-refractivity contribution in [3.63, 3.8) is 0 Å². The van der Waals surface area contributed by atoms with E-state index in [-0.39, 0.29) is 0 Å². The van der Waals surface area contributed by atoms with E-state index < -0.39 is 12.1 Å². The largest absolute Gasteiger partial charge is 0.465 e. The van der Waals surface area contributed by atoms with Gasteiger partial charge in [-0.2, -0.15) is 0 Å². The van der Waals surface area contributed by atoms with Gasteiger partial charge >= 0.3 is 6.09 Å². The Bertz CT molecular complexity index is 340. The van der Waals surface area contributed by atoms with Crippen molar-refractivity contribution >= 4 is 6.09 Å². The van der Waals surface area contributed by atoms with Crippen LogP contribution in [-0.2, 0) is 6.42 Å². The van der Waals surface area contributed by atoms with Gasteiger partial charge in [-0.3, -0.25) is 0 Å². The molecule has 1 unspecified atom stereocenters. The molecular weight excluding hydrogens is 178 g/mol. The van der Waals surface area contributed by atoms with Gasteiger partial charge in [-0.25, -0.2) is 4.79 Å². The molecule has 1 aromatic rings. The number of carbonyl (C=O) groups is 1. The van der Waals surface area contributed by atoms with Crippen molar-refractivity contribution in [2.45, 2.75) is 12.5 Å². The van der Waals surface area contributed by atoms with E-state index in [0.29, 0.717) is 6.42 Å². The van der Waals surface area contributed by atoms with Crippen molar-refractivity contribution in [3.05, 3.63) is 35.9 Å². The van der Waals surface area contributed by atoms with Crippen LogP contribution in [0.25, 0.3) is 0 Å². The van der Waals surface area contributed by atoms with E-state index >= 15 is 0 Å². The van der Waals surface area contributed by atoms with Crippen LogP contribution >= 0.6 is 0 Å². The summed E-state index contributed by atoms with van der Waals surface area (Å²) >= 11 is 0. The number of terminal acetylenes is 1. The van der Waals surface area contributed by atoms with Gasteiger partial charge in [0.05, 0.1) is 6.04 Å². The number of rotatable bonds is 3. The van der Waals surface area contributed by atoms with Crippen LogP contribution in [0.3, 0.4) is 0 Å². The van der Waals surface area contributed by atoms with Crippen LogP contribution in [0.5, 0.6) is 0 Å². The Balaban J connectivity index is 2.58. The first-order valence-corrected chi connectivity index (χ1v) is 4.22. The molecule has 0 spiro atoms. The topological polar surface area (TPSA) is 49.3 Å². The Hall–Kier alpha value is -1.95. The first-order valence-electron chi connectivity index (χ1n) is 4.22. The number of amides is 1. The highest BCUT2D eigenvalue weighted by atomic mass is 16.4. The summed E-state index contributed by atoms with van der Waals surface area (Å²) in [6.07, 6.45) is 4.62. The fourth-order valence-electron chi connectivity index (χ4n) is 1.15. The maximum atomic E-state index is 10.4. The summed E-state index contributed by atoms with van der Waals surface area (Å²) in [6.45, 7) is 0. The molecule has 2 N–H and O–H groups in total. The van der Waals surface area contributed by atoms with Gasteiger partial charge in [0.25, 0.3) is 0 Å².